The minimum Gasteiger partial charge on any atom is -0.217 e. The van der Waals surface area contributed by atoms with Crippen LogP contribution in [0, 0.1) is 0 Å². The van der Waals surface area contributed by atoms with Gasteiger partial charge in [-0.15, -0.1) is 0 Å². The number of hydrogen-bond donors (Lipinski definition) is 0. The maximum atomic E-state index is 11.5. The highest BCUT2D eigenvalue weighted by Gasteiger charge is 2.48. The Morgan fingerprint density at radius 2 is 1.42 bits per heavy atom. The Bertz CT molecular complexity index is 347. The number of hydrogen-bond acceptors (Lipinski definition) is 5. The van der Waals surface area contributed by atoms with Crippen molar-refractivity contribution < 1.29 is 30.0 Å². The largest absolute Gasteiger partial charge is 0.508 e. The standard InChI is InChI=1S/C2H3F3O4S3/c1-11(6,7)10-12(8,9)2(3,4)5/h1H3. The van der Waals surface area contributed by atoms with E-state index in [0.29, 0.717) is 6.26 Å². The predicted octanol–water partition coefficient (Wildman–Crippen LogP) is 0.529. The molecule has 0 spiro atoms. The molecule has 0 aliphatic rings. The van der Waals surface area contributed by atoms with Gasteiger partial charge in [0.05, 0.1) is 0 Å². The third-order valence-corrected chi connectivity index (χ3v) is 7.17. The van der Waals surface area contributed by atoms with Gasteiger partial charge in [0.1, 0.15) is 9.83 Å². The zero-order valence-corrected chi connectivity index (χ0v) is 7.94. The van der Waals surface area contributed by atoms with Crippen molar-refractivity contribution in [3.05, 3.63) is 0 Å². The van der Waals surface area contributed by atoms with E-state index in [9.17, 15) is 30.0 Å². The SMILES string of the molecule is CS(=O)(=O)SS(=O)(=O)C(F)(F)F. The summed E-state index contributed by atoms with van der Waals surface area (Å²) in [5.74, 6) is 0. The molecule has 0 N–H and O–H groups in total. The molecule has 0 rings (SSSR count). The van der Waals surface area contributed by atoms with Crippen LogP contribution in [0.25, 0.3) is 0 Å². The average Bonchev–Trinajstić information content (AvgIpc) is 1.52. The Morgan fingerprint density at radius 1 is 1.08 bits per heavy atom. The third-order valence-electron chi connectivity index (χ3n) is 0.497. The van der Waals surface area contributed by atoms with Gasteiger partial charge in [-0.3, -0.25) is 0 Å². The van der Waals surface area contributed by atoms with E-state index in [4.69, 9.17) is 0 Å². The van der Waals surface area contributed by atoms with Crippen LogP contribution in [0.15, 0.2) is 0 Å². The Morgan fingerprint density at radius 3 is 1.50 bits per heavy atom. The monoisotopic (exact) mass is 244 g/mol. The smallest absolute Gasteiger partial charge is 0.217 e. The van der Waals surface area contributed by atoms with Gasteiger partial charge < -0.3 is 0 Å². The zero-order chi connectivity index (χ0) is 10.2. The van der Waals surface area contributed by atoms with Gasteiger partial charge in [0.15, 0.2) is 0 Å². The molecule has 10 heteroatoms. The van der Waals surface area contributed by atoms with Gasteiger partial charge in [-0.1, -0.05) is 0 Å². The van der Waals surface area contributed by atoms with Gasteiger partial charge in [0.2, 0.25) is 8.87 Å². The van der Waals surface area contributed by atoms with Crippen LogP contribution >= 0.6 is 9.83 Å². The zero-order valence-electron chi connectivity index (χ0n) is 5.49. The second-order valence-electron chi connectivity index (χ2n) is 1.67. The maximum Gasteiger partial charge on any atom is 0.508 e. The molecule has 0 saturated carbocycles. The highest BCUT2D eigenvalue weighted by atomic mass is 33.5. The highest BCUT2D eigenvalue weighted by molar-refractivity contribution is 9.04. The summed E-state index contributed by atoms with van der Waals surface area (Å²) in [5, 5.41) is 0. The summed E-state index contributed by atoms with van der Waals surface area (Å²) in [7, 11) is -11.0. The molecular weight excluding hydrogens is 241 g/mol. The Hall–Kier alpha value is 0.0400. The Kier molecular flexibility index (Phi) is 3.08. The van der Waals surface area contributed by atoms with Crippen molar-refractivity contribution in [2.75, 3.05) is 6.26 Å². The second-order valence-corrected chi connectivity index (χ2v) is 9.35. The molecule has 0 aliphatic carbocycles. The molecular formula is C2H3F3O4S3. The predicted molar refractivity (Wildman–Crippen MR) is 37.4 cm³/mol. The van der Waals surface area contributed by atoms with Crippen LogP contribution < -0.4 is 0 Å². The molecule has 0 bridgehead atoms. The number of alkyl halides is 3. The first kappa shape index (κ1) is 12.0. The number of halogens is 3. The van der Waals surface area contributed by atoms with Crippen molar-refractivity contribution in [3.8, 4) is 0 Å². The average molecular weight is 244 g/mol. The van der Waals surface area contributed by atoms with Crippen LogP contribution in [0.1, 0.15) is 0 Å². The maximum absolute atomic E-state index is 11.5. The van der Waals surface area contributed by atoms with Crippen LogP contribution in [0.5, 0.6) is 0 Å². The van der Waals surface area contributed by atoms with Crippen LogP contribution in [-0.4, -0.2) is 28.6 Å². The summed E-state index contributed by atoms with van der Waals surface area (Å²) in [6, 6.07) is 0. The van der Waals surface area contributed by atoms with E-state index < -0.39 is 33.1 Å². The van der Waals surface area contributed by atoms with E-state index in [2.05, 4.69) is 0 Å². The molecule has 0 amide bonds. The van der Waals surface area contributed by atoms with E-state index in [1.807, 2.05) is 0 Å². The topological polar surface area (TPSA) is 68.3 Å². The lowest BCUT2D eigenvalue weighted by molar-refractivity contribution is -0.0409. The molecule has 0 aromatic carbocycles. The lowest BCUT2D eigenvalue weighted by Crippen LogP contribution is -2.20. The quantitative estimate of drug-likeness (QED) is 0.663. The molecule has 0 aliphatic heterocycles. The van der Waals surface area contributed by atoms with Gasteiger partial charge in [-0.05, 0) is 0 Å². The lowest BCUT2D eigenvalue weighted by Gasteiger charge is -2.04. The molecule has 0 aromatic heterocycles. The van der Waals surface area contributed by atoms with Crippen molar-refractivity contribution in [2.45, 2.75) is 5.51 Å². The van der Waals surface area contributed by atoms with E-state index in [1.54, 1.807) is 0 Å². The van der Waals surface area contributed by atoms with Gasteiger partial charge >= 0.3 is 14.4 Å². The first-order valence-electron chi connectivity index (χ1n) is 2.18. The summed E-state index contributed by atoms with van der Waals surface area (Å²) in [5.41, 5.74) is -5.54. The highest BCUT2D eigenvalue weighted by Crippen LogP contribution is 2.34. The summed E-state index contributed by atoms with van der Waals surface area (Å²) in [6.07, 6.45) is 0.376. The number of rotatable bonds is 2. The Labute approximate surface area is 69.8 Å². The van der Waals surface area contributed by atoms with E-state index in [1.165, 1.54) is 0 Å². The molecule has 0 aromatic rings. The third kappa shape index (κ3) is 3.63. The normalized spacial score (nSPS) is 14.7. The van der Waals surface area contributed by atoms with Gasteiger partial charge in [0, 0.05) is 6.26 Å². The van der Waals surface area contributed by atoms with Crippen molar-refractivity contribution in [1.29, 1.82) is 0 Å². The molecule has 0 heterocycles. The molecule has 12 heavy (non-hydrogen) atoms. The molecule has 0 atom stereocenters. The summed E-state index contributed by atoms with van der Waals surface area (Å²) in [4.78, 5) is 0. The van der Waals surface area contributed by atoms with E-state index in [0.717, 1.165) is 0 Å². The van der Waals surface area contributed by atoms with Crippen molar-refractivity contribution in [1.82, 2.24) is 0 Å². The lowest BCUT2D eigenvalue weighted by atomic mass is 11.6. The molecule has 0 saturated heterocycles. The van der Waals surface area contributed by atoms with Crippen LogP contribution in [-0.2, 0) is 17.7 Å². The van der Waals surface area contributed by atoms with Crippen LogP contribution in [0.3, 0.4) is 0 Å². The molecule has 4 nitrogen and oxygen atoms in total. The first-order valence-corrected chi connectivity index (χ1v) is 7.40. The fourth-order valence-corrected chi connectivity index (χ4v) is 5.43. The fraction of sp³-hybridized carbons (Fsp3) is 1.00. The molecule has 0 radical (unpaired) electrons. The van der Waals surface area contributed by atoms with E-state index in [-0.39, 0.29) is 0 Å². The van der Waals surface area contributed by atoms with Crippen molar-refractivity contribution in [2.24, 2.45) is 0 Å². The Balaban J connectivity index is 4.96. The summed E-state index contributed by atoms with van der Waals surface area (Å²) >= 11 is 0. The van der Waals surface area contributed by atoms with Crippen LogP contribution in [0.4, 0.5) is 13.2 Å². The van der Waals surface area contributed by atoms with Crippen molar-refractivity contribution >= 4 is 27.6 Å². The molecule has 0 fully saturated rings. The second kappa shape index (κ2) is 3.07. The van der Waals surface area contributed by atoms with Crippen LogP contribution in [0.2, 0.25) is 0 Å². The molecule has 74 valence electrons. The van der Waals surface area contributed by atoms with Gasteiger partial charge in [0.25, 0.3) is 0 Å². The minimum atomic E-state index is -5.63. The molecule has 0 unspecified atom stereocenters. The summed E-state index contributed by atoms with van der Waals surface area (Å²) in [6.45, 7) is 0. The van der Waals surface area contributed by atoms with Crippen molar-refractivity contribution in [3.63, 3.8) is 0 Å². The van der Waals surface area contributed by atoms with Gasteiger partial charge in [-0.2, -0.15) is 13.2 Å². The van der Waals surface area contributed by atoms with E-state index >= 15 is 0 Å². The summed E-state index contributed by atoms with van der Waals surface area (Å²) < 4.78 is 75.1. The fourth-order valence-electron chi connectivity index (χ4n) is 0.201. The minimum absolute atomic E-state index is 0.376. The van der Waals surface area contributed by atoms with Gasteiger partial charge in [-0.25, -0.2) is 16.8 Å². The first-order chi connectivity index (χ1) is 4.96.